The smallest absolute Gasteiger partial charge is 0.259 e. The van der Waals surface area contributed by atoms with Gasteiger partial charge in [0.15, 0.2) is 0 Å². The van der Waals surface area contributed by atoms with Crippen molar-refractivity contribution < 1.29 is 9.53 Å². The van der Waals surface area contributed by atoms with E-state index < -0.39 is 0 Å². The molecule has 0 radical (unpaired) electrons. The van der Waals surface area contributed by atoms with Gasteiger partial charge in [0.25, 0.3) is 5.91 Å². The summed E-state index contributed by atoms with van der Waals surface area (Å²) in [5, 5.41) is 0. The fourth-order valence-electron chi connectivity index (χ4n) is 4.22. The maximum Gasteiger partial charge on any atom is 0.259 e. The van der Waals surface area contributed by atoms with E-state index in [1.165, 1.54) is 36.0 Å². The highest BCUT2D eigenvalue weighted by molar-refractivity contribution is 6.33. The number of anilines is 1. The molecule has 1 aromatic carbocycles. The van der Waals surface area contributed by atoms with Gasteiger partial charge in [-0.05, 0) is 56.7 Å². The maximum atomic E-state index is 13.1. The van der Waals surface area contributed by atoms with Gasteiger partial charge in [0, 0.05) is 17.2 Å². The third-order valence-corrected chi connectivity index (χ3v) is 5.74. The van der Waals surface area contributed by atoms with Crippen molar-refractivity contribution in [2.45, 2.75) is 58.4 Å². The van der Waals surface area contributed by atoms with Crippen molar-refractivity contribution in [3.05, 3.63) is 34.9 Å². The number of carbonyl (C=O) groups is 1. The summed E-state index contributed by atoms with van der Waals surface area (Å²) in [7, 11) is 0. The van der Waals surface area contributed by atoms with E-state index in [-0.39, 0.29) is 11.9 Å². The third-order valence-electron chi connectivity index (χ3n) is 5.74. The van der Waals surface area contributed by atoms with Crippen LogP contribution in [0.3, 0.4) is 0 Å². The Morgan fingerprint density at radius 3 is 2.58 bits per heavy atom. The minimum atomic E-state index is 0.187. The van der Waals surface area contributed by atoms with Gasteiger partial charge in [0.2, 0.25) is 0 Å². The number of ether oxygens (including phenoxy) is 1. The molecule has 2 fully saturated rings. The van der Waals surface area contributed by atoms with E-state index >= 15 is 0 Å². The average Bonchev–Trinajstić information content (AvgIpc) is 2.83. The number of nitrogens with zero attached hydrogens (tertiary/aromatic N) is 1. The Labute approximate surface area is 144 Å². The van der Waals surface area contributed by atoms with Crippen LogP contribution in [-0.2, 0) is 16.0 Å². The van der Waals surface area contributed by atoms with Crippen LogP contribution in [0.5, 0.6) is 0 Å². The summed E-state index contributed by atoms with van der Waals surface area (Å²) >= 11 is 0. The predicted octanol–water partition coefficient (Wildman–Crippen LogP) is 4.35. The monoisotopic (exact) mass is 325 g/mol. The number of hydrogen-bond donors (Lipinski definition) is 0. The van der Waals surface area contributed by atoms with Crippen LogP contribution in [0.25, 0.3) is 5.57 Å². The van der Waals surface area contributed by atoms with Crippen LogP contribution in [0.1, 0.15) is 57.1 Å². The lowest BCUT2D eigenvalue weighted by Crippen LogP contribution is -2.33. The van der Waals surface area contributed by atoms with Gasteiger partial charge in [-0.25, -0.2) is 0 Å². The second-order valence-electron chi connectivity index (χ2n) is 7.71. The van der Waals surface area contributed by atoms with Crippen molar-refractivity contribution in [3.63, 3.8) is 0 Å². The molecule has 0 unspecified atom stereocenters. The Kier molecular flexibility index (Phi) is 4.21. The first-order valence-electron chi connectivity index (χ1n) is 9.42. The molecule has 1 aromatic rings. The van der Waals surface area contributed by atoms with Gasteiger partial charge >= 0.3 is 0 Å². The van der Waals surface area contributed by atoms with Crippen LogP contribution in [0.4, 0.5) is 5.69 Å². The van der Waals surface area contributed by atoms with Crippen molar-refractivity contribution in [2.24, 2.45) is 5.92 Å². The summed E-state index contributed by atoms with van der Waals surface area (Å²) in [6.45, 7) is 5.68. The molecule has 0 bridgehead atoms. The molecular weight excluding hydrogens is 298 g/mol. The minimum absolute atomic E-state index is 0.187. The molecule has 3 heteroatoms. The highest BCUT2D eigenvalue weighted by Gasteiger charge is 2.36. The van der Waals surface area contributed by atoms with E-state index in [1.54, 1.807) is 0 Å². The average molecular weight is 325 g/mol. The van der Waals surface area contributed by atoms with E-state index in [2.05, 4.69) is 32.0 Å². The lowest BCUT2D eigenvalue weighted by atomic mass is 9.80. The first-order chi connectivity index (χ1) is 11.6. The van der Waals surface area contributed by atoms with Crippen LogP contribution >= 0.6 is 0 Å². The van der Waals surface area contributed by atoms with E-state index in [4.69, 9.17) is 4.74 Å². The molecule has 3 nitrogen and oxygen atoms in total. The molecule has 128 valence electrons. The highest BCUT2D eigenvalue weighted by Crippen LogP contribution is 2.42. The summed E-state index contributed by atoms with van der Waals surface area (Å²) < 4.78 is 5.50. The number of fused-ring (bicyclic) bond motifs is 1. The van der Waals surface area contributed by atoms with Crippen molar-refractivity contribution in [2.75, 3.05) is 18.1 Å². The second kappa shape index (κ2) is 6.36. The number of rotatable bonds is 3. The van der Waals surface area contributed by atoms with Crippen LogP contribution in [0, 0.1) is 5.92 Å². The summed E-state index contributed by atoms with van der Waals surface area (Å²) in [6, 6.07) is 6.89. The zero-order valence-corrected chi connectivity index (χ0v) is 14.8. The molecule has 0 N–H and O–H groups in total. The highest BCUT2D eigenvalue weighted by atomic mass is 16.5. The molecule has 3 aliphatic rings. The van der Waals surface area contributed by atoms with Crippen molar-refractivity contribution in [1.29, 1.82) is 0 Å². The van der Waals surface area contributed by atoms with E-state index in [0.717, 1.165) is 49.7 Å². The summed E-state index contributed by atoms with van der Waals surface area (Å²) in [4.78, 5) is 15.1. The molecule has 0 aromatic heterocycles. The Balaban J connectivity index is 1.76. The van der Waals surface area contributed by atoms with Gasteiger partial charge in [-0.3, -0.25) is 4.79 Å². The SMILES string of the molecule is CC(C)N1C(=O)C(=C2CCOCC2)c2cc(CC3CCC3)ccc21. The Morgan fingerprint density at radius 1 is 1.21 bits per heavy atom. The van der Waals surface area contributed by atoms with Gasteiger partial charge in [-0.15, -0.1) is 0 Å². The standard InChI is InChI=1S/C21H27NO2/c1-14(2)22-19-7-6-16(12-15-4-3-5-15)13-18(19)20(21(22)23)17-8-10-24-11-9-17/h6-7,13-15H,3-5,8-12H2,1-2H3. The topological polar surface area (TPSA) is 29.5 Å². The minimum Gasteiger partial charge on any atom is -0.381 e. The molecule has 1 saturated carbocycles. The van der Waals surface area contributed by atoms with Crippen LogP contribution in [0.2, 0.25) is 0 Å². The lowest BCUT2D eigenvalue weighted by Gasteiger charge is -2.26. The number of benzene rings is 1. The van der Waals surface area contributed by atoms with Crippen LogP contribution in [0.15, 0.2) is 23.8 Å². The van der Waals surface area contributed by atoms with Gasteiger partial charge in [0.05, 0.1) is 18.9 Å². The summed E-state index contributed by atoms with van der Waals surface area (Å²) in [5.74, 6) is 1.04. The van der Waals surface area contributed by atoms with Gasteiger partial charge in [0.1, 0.15) is 0 Å². The third kappa shape index (κ3) is 2.69. The quantitative estimate of drug-likeness (QED) is 0.773. The molecule has 0 atom stereocenters. The molecule has 1 amide bonds. The fourth-order valence-corrected chi connectivity index (χ4v) is 4.22. The van der Waals surface area contributed by atoms with Crippen LogP contribution < -0.4 is 4.90 Å². The number of carbonyl (C=O) groups excluding carboxylic acids is 1. The van der Waals surface area contributed by atoms with Gasteiger partial charge in [-0.2, -0.15) is 0 Å². The van der Waals surface area contributed by atoms with Crippen molar-refractivity contribution >= 4 is 17.2 Å². The maximum absolute atomic E-state index is 13.1. The second-order valence-corrected chi connectivity index (χ2v) is 7.71. The van der Waals surface area contributed by atoms with Crippen molar-refractivity contribution in [1.82, 2.24) is 0 Å². The van der Waals surface area contributed by atoms with E-state index in [1.807, 2.05) is 4.90 Å². The summed E-state index contributed by atoms with van der Waals surface area (Å²) in [6.07, 6.45) is 7.04. The first-order valence-corrected chi connectivity index (χ1v) is 9.42. The van der Waals surface area contributed by atoms with Gasteiger partial charge in [-0.1, -0.05) is 30.9 Å². The first kappa shape index (κ1) is 15.9. The van der Waals surface area contributed by atoms with Crippen molar-refractivity contribution in [3.8, 4) is 0 Å². The Bertz CT molecular complexity index is 677. The fraction of sp³-hybridized carbons (Fsp3) is 0.571. The lowest BCUT2D eigenvalue weighted by molar-refractivity contribution is -0.113. The molecule has 1 saturated heterocycles. The molecule has 1 aliphatic carbocycles. The number of amides is 1. The normalized spacial score (nSPS) is 21.5. The Morgan fingerprint density at radius 2 is 1.96 bits per heavy atom. The zero-order valence-electron chi connectivity index (χ0n) is 14.8. The van der Waals surface area contributed by atoms with Gasteiger partial charge < -0.3 is 9.64 Å². The van der Waals surface area contributed by atoms with E-state index in [0.29, 0.717) is 0 Å². The molecule has 2 aliphatic heterocycles. The zero-order chi connectivity index (χ0) is 16.7. The molecule has 24 heavy (non-hydrogen) atoms. The molecular formula is C21H27NO2. The largest absolute Gasteiger partial charge is 0.381 e. The Hall–Kier alpha value is -1.61. The van der Waals surface area contributed by atoms with E-state index in [9.17, 15) is 4.79 Å². The molecule has 0 spiro atoms. The predicted molar refractivity (Wildman–Crippen MR) is 97.1 cm³/mol. The van der Waals surface area contributed by atoms with Crippen LogP contribution in [-0.4, -0.2) is 25.2 Å². The number of hydrogen-bond acceptors (Lipinski definition) is 2. The molecule has 4 rings (SSSR count). The molecule has 2 heterocycles. The summed E-state index contributed by atoms with van der Waals surface area (Å²) in [5.41, 5.74) is 5.92.